The number of pyridine rings is 1. The predicted molar refractivity (Wildman–Crippen MR) is 82.5 cm³/mol. The summed E-state index contributed by atoms with van der Waals surface area (Å²) < 4.78 is 26.9. The summed E-state index contributed by atoms with van der Waals surface area (Å²) >= 11 is 5.99. The van der Waals surface area contributed by atoms with Crippen molar-refractivity contribution in [2.75, 3.05) is 6.54 Å². The molecule has 2 aromatic rings. The van der Waals surface area contributed by atoms with E-state index in [2.05, 4.69) is 9.71 Å². The van der Waals surface area contributed by atoms with Gasteiger partial charge in [-0.05, 0) is 41.8 Å². The monoisotopic (exact) mass is 325 g/mol. The summed E-state index contributed by atoms with van der Waals surface area (Å²) in [6.45, 7) is 0.581. The van der Waals surface area contributed by atoms with Crippen LogP contribution in [0.5, 0.6) is 0 Å². The number of hydrogen-bond acceptors (Lipinski definition) is 4. The molecule has 0 bridgehead atoms. The summed E-state index contributed by atoms with van der Waals surface area (Å²) in [6.07, 6.45) is 3.95. The highest BCUT2D eigenvalue weighted by atomic mass is 35.5. The van der Waals surface area contributed by atoms with Crippen LogP contribution in [0.15, 0.2) is 47.6 Å². The van der Waals surface area contributed by atoms with Crippen LogP contribution in [-0.2, 0) is 23.0 Å². The van der Waals surface area contributed by atoms with E-state index in [-0.39, 0.29) is 11.4 Å². The molecule has 0 saturated carbocycles. The van der Waals surface area contributed by atoms with Gasteiger partial charge in [-0.25, -0.2) is 13.1 Å². The number of halogens is 1. The van der Waals surface area contributed by atoms with Crippen molar-refractivity contribution in [3.63, 3.8) is 0 Å². The normalized spacial score (nSPS) is 11.5. The van der Waals surface area contributed by atoms with Gasteiger partial charge in [-0.3, -0.25) is 4.98 Å². The Hall–Kier alpha value is -1.47. The molecule has 1 aromatic heterocycles. The molecule has 0 aliphatic carbocycles. The van der Waals surface area contributed by atoms with E-state index in [0.29, 0.717) is 23.6 Å². The van der Waals surface area contributed by atoms with E-state index in [0.717, 1.165) is 5.56 Å². The van der Waals surface area contributed by atoms with Crippen LogP contribution in [0, 0.1) is 0 Å². The minimum atomic E-state index is -3.57. The van der Waals surface area contributed by atoms with E-state index in [1.54, 1.807) is 18.5 Å². The van der Waals surface area contributed by atoms with Crippen molar-refractivity contribution in [2.45, 2.75) is 17.9 Å². The van der Waals surface area contributed by atoms with Crippen LogP contribution < -0.4 is 10.5 Å². The third-order valence-corrected chi connectivity index (χ3v) is 4.82. The van der Waals surface area contributed by atoms with E-state index in [9.17, 15) is 8.42 Å². The van der Waals surface area contributed by atoms with Gasteiger partial charge in [0, 0.05) is 30.5 Å². The molecular weight excluding hydrogens is 310 g/mol. The number of nitrogens with one attached hydrogen (secondary N) is 1. The summed E-state index contributed by atoms with van der Waals surface area (Å²) in [4.78, 5) is 4.05. The SMILES string of the molecule is NCc1ccc(S(=O)(=O)NCCc2ccncc2)cc1Cl. The Morgan fingerprint density at radius 1 is 1.19 bits per heavy atom. The lowest BCUT2D eigenvalue weighted by Crippen LogP contribution is -2.26. The molecule has 5 nitrogen and oxygen atoms in total. The average Bonchev–Trinajstić information content (AvgIpc) is 2.48. The fourth-order valence-corrected chi connectivity index (χ4v) is 3.20. The molecule has 21 heavy (non-hydrogen) atoms. The van der Waals surface area contributed by atoms with Gasteiger partial charge in [0.1, 0.15) is 0 Å². The van der Waals surface area contributed by atoms with E-state index in [4.69, 9.17) is 17.3 Å². The Morgan fingerprint density at radius 3 is 2.52 bits per heavy atom. The van der Waals surface area contributed by atoms with Crippen molar-refractivity contribution in [2.24, 2.45) is 5.73 Å². The Kier molecular flexibility index (Phi) is 5.30. The second-order valence-corrected chi connectivity index (χ2v) is 6.63. The van der Waals surface area contributed by atoms with Crippen LogP contribution in [0.2, 0.25) is 5.02 Å². The fraction of sp³-hybridized carbons (Fsp3) is 0.214. The fourth-order valence-electron chi connectivity index (χ4n) is 1.82. The van der Waals surface area contributed by atoms with Gasteiger partial charge in [-0.2, -0.15) is 0 Å². The third-order valence-electron chi connectivity index (χ3n) is 3.01. The molecule has 0 aliphatic heterocycles. The van der Waals surface area contributed by atoms with E-state index in [1.807, 2.05) is 12.1 Å². The molecular formula is C14H16ClN3O2S. The lowest BCUT2D eigenvalue weighted by atomic mass is 10.2. The van der Waals surface area contributed by atoms with Crippen molar-refractivity contribution < 1.29 is 8.42 Å². The molecule has 0 aliphatic rings. The molecule has 112 valence electrons. The van der Waals surface area contributed by atoms with Crippen LogP contribution in [0.3, 0.4) is 0 Å². The quantitative estimate of drug-likeness (QED) is 0.846. The van der Waals surface area contributed by atoms with E-state index in [1.165, 1.54) is 12.1 Å². The molecule has 0 atom stereocenters. The first-order valence-electron chi connectivity index (χ1n) is 6.40. The highest BCUT2D eigenvalue weighted by molar-refractivity contribution is 7.89. The molecule has 1 aromatic carbocycles. The number of nitrogens with zero attached hydrogens (tertiary/aromatic N) is 1. The Bertz CT molecular complexity index is 705. The number of rotatable bonds is 6. The first-order chi connectivity index (χ1) is 10.0. The second-order valence-electron chi connectivity index (χ2n) is 4.46. The first kappa shape index (κ1) is 15.9. The zero-order valence-electron chi connectivity index (χ0n) is 11.3. The van der Waals surface area contributed by atoms with Crippen molar-refractivity contribution >= 4 is 21.6 Å². The lowest BCUT2D eigenvalue weighted by Gasteiger charge is -2.08. The molecule has 3 N–H and O–H groups in total. The minimum Gasteiger partial charge on any atom is -0.326 e. The highest BCUT2D eigenvalue weighted by Crippen LogP contribution is 2.20. The molecule has 1 heterocycles. The number of nitrogens with two attached hydrogens (primary N) is 1. The number of aromatic nitrogens is 1. The molecule has 2 rings (SSSR count). The van der Waals surface area contributed by atoms with Gasteiger partial charge >= 0.3 is 0 Å². The van der Waals surface area contributed by atoms with Crippen LogP contribution in [0.4, 0.5) is 0 Å². The molecule has 0 saturated heterocycles. The molecule has 0 spiro atoms. The van der Waals surface area contributed by atoms with Crippen LogP contribution in [-0.4, -0.2) is 19.9 Å². The van der Waals surface area contributed by atoms with Gasteiger partial charge in [0.25, 0.3) is 0 Å². The zero-order chi connectivity index (χ0) is 15.3. The number of sulfonamides is 1. The second kappa shape index (κ2) is 7.00. The van der Waals surface area contributed by atoms with Gasteiger partial charge in [0.2, 0.25) is 10.0 Å². The molecule has 0 unspecified atom stereocenters. The third kappa shape index (κ3) is 4.25. The topological polar surface area (TPSA) is 85.1 Å². The molecule has 0 radical (unpaired) electrons. The molecule has 7 heteroatoms. The van der Waals surface area contributed by atoms with Crippen molar-refractivity contribution in [3.8, 4) is 0 Å². The van der Waals surface area contributed by atoms with Gasteiger partial charge < -0.3 is 5.73 Å². The Morgan fingerprint density at radius 2 is 1.90 bits per heavy atom. The van der Waals surface area contributed by atoms with Crippen molar-refractivity contribution in [1.29, 1.82) is 0 Å². The van der Waals surface area contributed by atoms with Gasteiger partial charge in [0.05, 0.1) is 4.90 Å². The summed E-state index contributed by atoms with van der Waals surface area (Å²) in [5.41, 5.74) is 7.23. The van der Waals surface area contributed by atoms with Crippen LogP contribution in [0.1, 0.15) is 11.1 Å². The summed E-state index contributed by atoms with van der Waals surface area (Å²) in [7, 11) is -3.57. The largest absolute Gasteiger partial charge is 0.326 e. The first-order valence-corrected chi connectivity index (χ1v) is 8.26. The Balaban J connectivity index is 2.03. The van der Waals surface area contributed by atoms with E-state index >= 15 is 0 Å². The van der Waals surface area contributed by atoms with E-state index < -0.39 is 10.0 Å². The Labute approximate surface area is 129 Å². The molecule has 0 fully saturated rings. The van der Waals surface area contributed by atoms with Gasteiger partial charge in [0.15, 0.2) is 0 Å². The highest BCUT2D eigenvalue weighted by Gasteiger charge is 2.14. The van der Waals surface area contributed by atoms with Crippen molar-refractivity contribution in [1.82, 2.24) is 9.71 Å². The smallest absolute Gasteiger partial charge is 0.240 e. The van der Waals surface area contributed by atoms with Gasteiger partial charge in [-0.1, -0.05) is 17.7 Å². The zero-order valence-corrected chi connectivity index (χ0v) is 12.9. The number of hydrogen-bond donors (Lipinski definition) is 2. The van der Waals surface area contributed by atoms with Crippen LogP contribution in [0.25, 0.3) is 0 Å². The predicted octanol–water partition coefficient (Wildman–Crippen LogP) is 1.71. The van der Waals surface area contributed by atoms with Crippen molar-refractivity contribution in [3.05, 3.63) is 58.9 Å². The lowest BCUT2D eigenvalue weighted by molar-refractivity contribution is 0.581. The summed E-state index contributed by atoms with van der Waals surface area (Å²) in [6, 6.07) is 8.24. The molecule has 0 amide bonds. The maximum absolute atomic E-state index is 12.2. The standard InChI is InChI=1S/C14H16ClN3O2S/c15-14-9-13(2-1-12(14)10-16)21(19,20)18-8-5-11-3-6-17-7-4-11/h1-4,6-7,9,18H,5,8,10,16H2. The summed E-state index contributed by atoms with van der Waals surface area (Å²) in [5, 5.41) is 0.356. The summed E-state index contributed by atoms with van der Waals surface area (Å²) in [5.74, 6) is 0. The van der Waals surface area contributed by atoms with Crippen LogP contribution >= 0.6 is 11.6 Å². The maximum Gasteiger partial charge on any atom is 0.240 e. The average molecular weight is 326 g/mol. The minimum absolute atomic E-state index is 0.138. The number of benzene rings is 1. The maximum atomic E-state index is 12.2. The van der Waals surface area contributed by atoms with Gasteiger partial charge in [-0.15, -0.1) is 0 Å².